The zero-order chi connectivity index (χ0) is 42.6. The summed E-state index contributed by atoms with van der Waals surface area (Å²) in [4.78, 5) is 16.5. The van der Waals surface area contributed by atoms with Crippen molar-refractivity contribution in [2.75, 3.05) is 30.5 Å². The van der Waals surface area contributed by atoms with E-state index in [1.165, 1.54) is 12.4 Å². The number of anilines is 4. The summed E-state index contributed by atoms with van der Waals surface area (Å²) in [6, 6.07) is 33.3. The summed E-state index contributed by atoms with van der Waals surface area (Å²) in [5, 5.41) is 38.6. The van der Waals surface area contributed by atoms with Crippen molar-refractivity contribution < 1.29 is 25.0 Å². The van der Waals surface area contributed by atoms with E-state index in [0.29, 0.717) is 40.1 Å². The number of aryl methyl sites for hydroxylation is 1. The number of nitrogen functional groups attached to an aromatic ring is 1. The molecule has 302 valence electrons. The third-order valence-corrected chi connectivity index (χ3v) is 8.75. The fourth-order valence-corrected chi connectivity index (χ4v) is 5.57. The van der Waals surface area contributed by atoms with Crippen LogP contribution in [-0.2, 0) is 7.05 Å². The Bertz CT molecular complexity index is 2530. The van der Waals surface area contributed by atoms with Crippen LogP contribution in [0.2, 0.25) is 0 Å². The molecule has 0 saturated carbocycles. The number of imidazole rings is 1. The molecule has 0 fully saturated rings. The van der Waals surface area contributed by atoms with Crippen LogP contribution in [0.15, 0.2) is 146 Å². The van der Waals surface area contributed by atoms with Gasteiger partial charge in [0, 0.05) is 72.5 Å². The summed E-state index contributed by atoms with van der Waals surface area (Å²) in [6.45, 7) is 0. The third kappa shape index (κ3) is 14.0. The second-order valence-corrected chi connectivity index (χ2v) is 13.5. The average molecular weight is 943 g/mol. The summed E-state index contributed by atoms with van der Waals surface area (Å²) >= 11 is 11.2. The Balaban J connectivity index is 0.000000213. The number of ether oxygens (including phenoxy) is 2. The maximum atomic E-state index is 8.64. The van der Waals surface area contributed by atoms with Crippen molar-refractivity contribution >= 4 is 101 Å². The molecule has 3 heterocycles. The lowest BCUT2D eigenvalue weighted by Gasteiger charge is -2.09. The van der Waals surface area contributed by atoms with E-state index in [0.717, 1.165) is 50.1 Å². The van der Waals surface area contributed by atoms with Gasteiger partial charge in [0.15, 0.2) is 0 Å². The summed E-state index contributed by atoms with van der Waals surface area (Å²) in [5.74, 6) is 3.18. The molecular formula is C41H38Br2N10O5S. The molecule has 0 unspecified atom stereocenters. The van der Waals surface area contributed by atoms with Gasteiger partial charge in [0.2, 0.25) is 5.95 Å². The number of isothiocyanates is 1. The van der Waals surface area contributed by atoms with Crippen LogP contribution in [0.5, 0.6) is 23.0 Å². The zero-order valence-corrected chi connectivity index (χ0v) is 35.7. The minimum atomic E-state index is 0.500. The molecule has 7 N–H and O–H groups in total. The monoisotopic (exact) mass is 940 g/mol. The highest BCUT2D eigenvalue weighted by atomic mass is 79.9. The number of rotatable bonds is 10. The number of aliphatic hydroxyl groups is 1. The summed E-state index contributed by atoms with van der Waals surface area (Å²) in [7, 11) is 4.76. The molecule has 0 saturated heterocycles. The number of nitrogens with zero attached hydrogens (tertiary/aromatic N) is 7. The van der Waals surface area contributed by atoms with Crippen molar-refractivity contribution in [2.24, 2.45) is 22.4 Å². The molecule has 0 bridgehead atoms. The maximum absolute atomic E-state index is 8.64. The summed E-state index contributed by atoms with van der Waals surface area (Å²) in [6.07, 6.45) is 5.63. The van der Waals surface area contributed by atoms with E-state index < -0.39 is 0 Å². The molecule has 0 radical (unpaired) electrons. The van der Waals surface area contributed by atoms with E-state index in [4.69, 9.17) is 30.7 Å². The SMILES string of the molecule is CNc1ccc(Oc2ccnc(/C=N\O)c2)cc1N.CO.Cn1c(Nc2ccc(Br)cc2)nc2cc(Oc3ccnc(/C=N\O)c3)ccc21.S=C=Nc1ccc(Br)cc1. The number of pyridine rings is 2. The first-order valence-corrected chi connectivity index (χ1v) is 19.1. The van der Waals surface area contributed by atoms with E-state index in [1.54, 1.807) is 49.8 Å². The van der Waals surface area contributed by atoms with E-state index in [-0.39, 0.29) is 0 Å². The highest BCUT2D eigenvalue weighted by molar-refractivity contribution is 9.10. The van der Waals surface area contributed by atoms with Crippen molar-refractivity contribution in [3.8, 4) is 23.0 Å². The Morgan fingerprint density at radius 2 is 1.27 bits per heavy atom. The van der Waals surface area contributed by atoms with Crippen LogP contribution in [0, 0.1) is 0 Å². The molecule has 7 aromatic rings. The Morgan fingerprint density at radius 1 is 0.746 bits per heavy atom. The molecule has 7 rings (SSSR count). The Morgan fingerprint density at radius 3 is 1.80 bits per heavy atom. The second kappa shape index (κ2) is 23.5. The highest BCUT2D eigenvalue weighted by Gasteiger charge is 2.10. The first-order valence-electron chi connectivity index (χ1n) is 17.1. The number of aliphatic hydroxyl groups excluding tert-OH is 1. The van der Waals surface area contributed by atoms with Crippen molar-refractivity contribution in [3.63, 3.8) is 0 Å². The van der Waals surface area contributed by atoms with Gasteiger partial charge in [0.25, 0.3) is 0 Å². The van der Waals surface area contributed by atoms with Crippen LogP contribution >= 0.6 is 44.1 Å². The predicted molar refractivity (Wildman–Crippen MR) is 243 cm³/mol. The molecule has 0 aliphatic heterocycles. The molecule has 59 heavy (non-hydrogen) atoms. The van der Waals surface area contributed by atoms with Crippen molar-refractivity contribution in [2.45, 2.75) is 0 Å². The van der Waals surface area contributed by atoms with Crippen LogP contribution in [0.25, 0.3) is 11.0 Å². The lowest BCUT2D eigenvalue weighted by molar-refractivity contribution is 0.321. The first-order chi connectivity index (χ1) is 28.7. The first kappa shape index (κ1) is 45.0. The molecule has 0 aliphatic rings. The van der Waals surface area contributed by atoms with E-state index in [9.17, 15) is 0 Å². The standard InChI is InChI=1S/C20H16BrN5O2.C13H14N4O2.C7H4BrNS.CH4O/c1-26-19-7-6-16(28-17-8-9-22-15(10-17)12-23-27)11-18(19)25-20(26)24-14-4-2-13(21)3-5-14;1-15-13-3-2-10(7-12(13)14)19-11-4-5-16-9(6-11)8-17-18;8-6-1-3-7(4-2-6)9-5-10;1-2/h2-12,27H,1H3,(H,24,25);2-8,15,18H,14H2,1H3;1-4H;2H,1H3/b23-12-;17-8-;;. The van der Waals surface area contributed by atoms with Gasteiger partial charge in [0.05, 0.1) is 57.1 Å². The van der Waals surface area contributed by atoms with Crippen LogP contribution in [0.4, 0.5) is 28.7 Å². The minimum Gasteiger partial charge on any atom is -0.457 e. The van der Waals surface area contributed by atoms with Crippen LogP contribution in [0.3, 0.4) is 0 Å². The number of nitrogens with one attached hydrogen (secondary N) is 2. The number of hydrogen-bond donors (Lipinski definition) is 6. The van der Waals surface area contributed by atoms with Gasteiger partial charge in [-0.1, -0.05) is 42.2 Å². The fourth-order valence-electron chi connectivity index (χ4n) is 4.93. The molecule has 3 aromatic heterocycles. The van der Waals surface area contributed by atoms with Gasteiger partial charge in [0.1, 0.15) is 23.0 Å². The Labute approximate surface area is 361 Å². The van der Waals surface area contributed by atoms with Gasteiger partial charge in [-0.3, -0.25) is 9.97 Å². The molecule has 0 atom stereocenters. The molecule has 15 nitrogen and oxygen atoms in total. The number of thiocarbonyl (C=S) groups is 1. The highest BCUT2D eigenvalue weighted by Crippen LogP contribution is 2.29. The Hall–Kier alpha value is -6.69. The summed E-state index contributed by atoms with van der Waals surface area (Å²) < 4.78 is 15.6. The number of hydrogen-bond acceptors (Lipinski definition) is 15. The summed E-state index contributed by atoms with van der Waals surface area (Å²) in [5.41, 5.74) is 11.9. The Kier molecular flexibility index (Phi) is 17.9. The van der Waals surface area contributed by atoms with E-state index in [2.05, 4.69) is 90.1 Å². The maximum Gasteiger partial charge on any atom is 0.208 e. The van der Waals surface area contributed by atoms with Gasteiger partial charge in [-0.05, 0) is 97.1 Å². The number of aliphatic imine (C=N–C) groups is 1. The van der Waals surface area contributed by atoms with Gasteiger partial charge in [-0.15, -0.1) is 0 Å². The van der Waals surface area contributed by atoms with Gasteiger partial charge in [-0.25, -0.2) is 4.98 Å². The topological polar surface area (TPSA) is 210 Å². The smallest absolute Gasteiger partial charge is 0.208 e. The fraction of sp³-hybridized carbons (Fsp3) is 0.0732. The van der Waals surface area contributed by atoms with Crippen molar-refractivity contribution in [1.82, 2.24) is 19.5 Å². The van der Waals surface area contributed by atoms with Gasteiger partial charge >= 0.3 is 0 Å². The second-order valence-electron chi connectivity index (χ2n) is 11.5. The number of halogens is 2. The normalized spacial score (nSPS) is 10.3. The quantitative estimate of drug-likeness (QED) is 0.0249. The third-order valence-electron chi connectivity index (χ3n) is 7.60. The van der Waals surface area contributed by atoms with E-state index >= 15 is 0 Å². The number of aromatic nitrogens is 4. The van der Waals surface area contributed by atoms with Gasteiger partial charge < -0.3 is 45.9 Å². The molecule has 0 spiro atoms. The van der Waals surface area contributed by atoms with Crippen molar-refractivity contribution in [1.29, 1.82) is 0 Å². The van der Waals surface area contributed by atoms with Gasteiger partial charge in [-0.2, -0.15) is 4.99 Å². The number of benzene rings is 4. The molecular weight excluding hydrogens is 904 g/mol. The van der Waals surface area contributed by atoms with E-state index in [1.807, 2.05) is 90.5 Å². The van der Waals surface area contributed by atoms with Crippen LogP contribution in [-0.4, -0.2) is 66.8 Å². The molecule has 0 aliphatic carbocycles. The lowest BCUT2D eigenvalue weighted by atomic mass is 10.2. The number of nitrogens with two attached hydrogens (primary N) is 1. The molecule has 4 aromatic carbocycles. The average Bonchev–Trinajstić information content (AvgIpc) is 3.55. The molecule has 0 amide bonds. The van der Waals surface area contributed by atoms with Crippen LogP contribution in [0.1, 0.15) is 11.4 Å². The molecule has 18 heteroatoms. The van der Waals surface area contributed by atoms with Crippen LogP contribution < -0.4 is 25.8 Å². The van der Waals surface area contributed by atoms with Crippen molar-refractivity contribution in [3.05, 3.63) is 142 Å². The minimum absolute atomic E-state index is 0.500. The number of fused-ring (bicyclic) bond motifs is 1. The number of oxime groups is 2. The largest absolute Gasteiger partial charge is 0.457 e. The lowest BCUT2D eigenvalue weighted by Crippen LogP contribution is -1.98. The zero-order valence-electron chi connectivity index (χ0n) is 31.7. The predicted octanol–water partition coefficient (Wildman–Crippen LogP) is 10.2.